The standard InChI is InChI=1S/C14H22N2O3S2/c1-11(20(2)17)7-9-16-21(18,19)13-6-5-12-4-3-8-15-14(12)10-13/h5-6,10-11,15-16H,3-4,7-9H2,1-2H3. The Balaban J connectivity index is 2.04. The van der Waals surface area contributed by atoms with E-state index in [0.717, 1.165) is 30.6 Å². The molecule has 0 saturated carbocycles. The van der Waals surface area contributed by atoms with Gasteiger partial charge in [-0.3, -0.25) is 4.21 Å². The summed E-state index contributed by atoms with van der Waals surface area (Å²) in [4.78, 5) is 0.279. The maximum atomic E-state index is 12.3. The van der Waals surface area contributed by atoms with E-state index in [-0.39, 0.29) is 10.1 Å². The van der Waals surface area contributed by atoms with Crippen LogP contribution in [0, 0.1) is 0 Å². The zero-order valence-electron chi connectivity index (χ0n) is 12.4. The fourth-order valence-electron chi connectivity index (χ4n) is 2.25. The van der Waals surface area contributed by atoms with Gasteiger partial charge in [-0.15, -0.1) is 0 Å². The van der Waals surface area contributed by atoms with Gasteiger partial charge in [0.25, 0.3) is 0 Å². The molecule has 2 unspecified atom stereocenters. The first-order valence-corrected chi connectivity index (χ1v) is 10.2. The summed E-state index contributed by atoms with van der Waals surface area (Å²) in [5.41, 5.74) is 2.07. The van der Waals surface area contributed by atoms with Crippen LogP contribution < -0.4 is 10.0 Å². The minimum absolute atomic E-state index is 0.0158. The van der Waals surface area contributed by atoms with Crippen molar-refractivity contribution in [3.8, 4) is 0 Å². The van der Waals surface area contributed by atoms with Gasteiger partial charge in [0.15, 0.2) is 0 Å². The minimum Gasteiger partial charge on any atom is -0.385 e. The van der Waals surface area contributed by atoms with E-state index >= 15 is 0 Å². The van der Waals surface area contributed by atoms with Gasteiger partial charge in [0, 0.05) is 41.1 Å². The zero-order valence-corrected chi connectivity index (χ0v) is 14.0. The lowest BCUT2D eigenvalue weighted by molar-refractivity contribution is 0.578. The lowest BCUT2D eigenvalue weighted by Crippen LogP contribution is -2.28. The van der Waals surface area contributed by atoms with Crippen LogP contribution in [0.25, 0.3) is 0 Å². The van der Waals surface area contributed by atoms with Gasteiger partial charge in [-0.1, -0.05) is 13.0 Å². The van der Waals surface area contributed by atoms with E-state index in [1.165, 1.54) is 0 Å². The first kappa shape index (κ1) is 16.5. The number of benzene rings is 1. The summed E-state index contributed by atoms with van der Waals surface area (Å²) >= 11 is 0. The average molecular weight is 330 g/mol. The van der Waals surface area contributed by atoms with Crippen molar-refractivity contribution in [1.82, 2.24) is 4.72 Å². The van der Waals surface area contributed by atoms with Crippen LogP contribution >= 0.6 is 0 Å². The number of hydrogen-bond acceptors (Lipinski definition) is 4. The van der Waals surface area contributed by atoms with Gasteiger partial charge >= 0.3 is 0 Å². The number of fused-ring (bicyclic) bond motifs is 1. The second-order valence-electron chi connectivity index (χ2n) is 5.34. The van der Waals surface area contributed by atoms with Gasteiger partial charge < -0.3 is 5.32 Å². The largest absolute Gasteiger partial charge is 0.385 e. The summed E-state index contributed by atoms with van der Waals surface area (Å²) in [6, 6.07) is 5.22. The lowest BCUT2D eigenvalue weighted by atomic mass is 10.0. The third-order valence-electron chi connectivity index (χ3n) is 3.74. The van der Waals surface area contributed by atoms with E-state index in [1.54, 1.807) is 18.4 Å². The first-order valence-electron chi connectivity index (χ1n) is 7.09. The van der Waals surface area contributed by atoms with E-state index < -0.39 is 20.8 Å². The van der Waals surface area contributed by atoms with Crippen LogP contribution in [-0.4, -0.2) is 37.2 Å². The van der Waals surface area contributed by atoms with Crippen molar-refractivity contribution in [2.24, 2.45) is 0 Å². The third kappa shape index (κ3) is 4.28. The van der Waals surface area contributed by atoms with E-state index in [0.29, 0.717) is 13.0 Å². The highest BCUT2D eigenvalue weighted by Crippen LogP contribution is 2.25. The molecule has 7 heteroatoms. The van der Waals surface area contributed by atoms with Gasteiger partial charge in [0.1, 0.15) is 0 Å². The molecule has 0 spiro atoms. The Kier molecular flexibility index (Phi) is 5.40. The zero-order chi connectivity index (χ0) is 15.5. The molecular formula is C14H22N2O3S2. The molecular weight excluding hydrogens is 308 g/mol. The average Bonchev–Trinajstić information content (AvgIpc) is 2.46. The van der Waals surface area contributed by atoms with Crippen molar-refractivity contribution in [2.45, 2.75) is 36.3 Å². The van der Waals surface area contributed by atoms with Crippen molar-refractivity contribution >= 4 is 26.5 Å². The maximum Gasteiger partial charge on any atom is 0.240 e. The van der Waals surface area contributed by atoms with Gasteiger partial charge in [-0.05, 0) is 37.0 Å². The SMILES string of the molecule is CC(CCNS(=O)(=O)c1ccc2c(c1)NCCC2)S(C)=O. The summed E-state index contributed by atoms with van der Waals surface area (Å²) in [6.45, 7) is 3.03. The molecule has 5 nitrogen and oxygen atoms in total. The van der Waals surface area contributed by atoms with Gasteiger partial charge in [-0.25, -0.2) is 13.1 Å². The summed E-state index contributed by atoms with van der Waals surface area (Å²) in [6.07, 6.45) is 4.25. The molecule has 0 amide bonds. The maximum absolute atomic E-state index is 12.3. The van der Waals surface area contributed by atoms with E-state index in [2.05, 4.69) is 10.0 Å². The van der Waals surface area contributed by atoms with Crippen LogP contribution in [0.15, 0.2) is 23.1 Å². The van der Waals surface area contributed by atoms with Crippen molar-refractivity contribution in [3.63, 3.8) is 0 Å². The van der Waals surface area contributed by atoms with Crippen LogP contribution in [0.2, 0.25) is 0 Å². The van der Waals surface area contributed by atoms with Crippen LogP contribution in [0.1, 0.15) is 25.3 Å². The highest BCUT2D eigenvalue weighted by atomic mass is 32.2. The molecule has 118 valence electrons. The second kappa shape index (κ2) is 6.89. The van der Waals surface area contributed by atoms with Crippen LogP contribution in [0.4, 0.5) is 5.69 Å². The van der Waals surface area contributed by atoms with Crippen LogP contribution in [0.3, 0.4) is 0 Å². The lowest BCUT2D eigenvalue weighted by Gasteiger charge is -2.19. The first-order chi connectivity index (χ1) is 9.90. The molecule has 21 heavy (non-hydrogen) atoms. The summed E-state index contributed by atoms with van der Waals surface area (Å²) in [5, 5.41) is 3.22. The molecule has 2 rings (SSSR count). The van der Waals surface area contributed by atoms with Crippen molar-refractivity contribution < 1.29 is 12.6 Å². The molecule has 1 aromatic carbocycles. The number of hydrogen-bond donors (Lipinski definition) is 2. The number of anilines is 1. The van der Waals surface area contributed by atoms with Gasteiger partial charge in [-0.2, -0.15) is 0 Å². The predicted octanol–water partition coefficient (Wildman–Crippen LogP) is 1.48. The summed E-state index contributed by atoms with van der Waals surface area (Å²) in [5.74, 6) is 0. The van der Waals surface area contributed by atoms with E-state index in [9.17, 15) is 12.6 Å². The molecule has 1 aliphatic heterocycles. The Hall–Kier alpha value is -0.920. The third-order valence-corrected chi connectivity index (χ3v) is 6.57. The smallest absolute Gasteiger partial charge is 0.240 e. The fraction of sp³-hybridized carbons (Fsp3) is 0.571. The minimum atomic E-state index is -3.50. The van der Waals surface area contributed by atoms with E-state index in [4.69, 9.17) is 0 Å². The Morgan fingerprint density at radius 2 is 2.19 bits per heavy atom. The Bertz CT molecular complexity index is 629. The fourth-order valence-corrected chi connectivity index (χ4v) is 3.78. The molecule has 0 radical (unpaired) electrons. The molecule has 0 bridgehead atoms. The number of sulfonamides is 1. The molecule has 0 aromatic heterocycles. The Morgan fingerprint density at radius 1 is 1.43 bits per heavy atom. The van der Waals surface area contributed by atoms with Gasteiger partial charge in [0.05, 0.1) is 4.90 Å². The van der Waals surface area contributed by atoms with E-state index in [1.807, 2.05) is 13.0 Å². The normalized spacial score (nSPS) is 17.6. The number of aryl methyl sites for hydroxylation is 1. The molecule has 0 saturated heterocycles. The molecule has 0 fully saturated rings. The second-order valence-corrected chi connectivity index (χ2v) is 8.91. The number of nitrogens with one attached hydrogen (secondary N) is 2. The van der Waals surface area contributed by atoms with Crippen molar-refractivity contribution in [1.29, 1.82) is 0 Å². The van der Waals surface area contributed by atoms with Crippen LogP contribution in [0.5, 0.6) is 0 Å². The highest BCUT2D eigenvalue weighted by molar-refractivity contribution is 7.89. The Labute approximate surface area is 129 Å². The quantitative estimate of drug-likeness (QED) is 0.828. The van der Waals surface area contributed by atoms with Crippen LogP contribution in [-0.2, 0) is 27.2 Å². The number of rotatable bonds is 6. The molecule has 0 aliphatic carbocycles. The molecule has 1 aromatic rings. The molecule has 1 aliphatic rings. The van der Waals surface area contributed by atoms with Crippen molar-refractivity contribution in [3.05, 3.63) is 23.8 Å². The molecule has 2 N–H and O–H groups in total. The topological polar surface area (TPSA) is 75.3 Å². The molecule has 1 heterocycles. The van der Waals surface area contributed by atoms with Crippen molar-refractivity contribution in [2.75, 3.05) is 24.7 Å². The predicted molar refractivity (Wildman–Crippen MR) is 86.6 cm³/mol. The molecule has 2 atom stereocenters. The summed E-state index contributed by atoms with van der Waals surface area (Å²) < 4.78 is 38.3. The summed E-state index contributed by atoms with van der Waals surface area (Å²) in [7, 11) is -4.43. The van der Waals surface area contributed by atoms with Gasteiger partial charge in [0.2, 0.25) is 10.0 Å². The monoisotopic (exact) mass is 330 g/mol. The highest BCUT2D eigenvalue weighted by Gasteiger charge is 2.17. The Morgan fingerprint density at radius 3 is 2.90 bits per heavy atom.